The molecule has 0 aliphatic rings. The van der Waals surface area contributed by atoms with Crippen LogP contribution < -0.4 is 16.4 Å². The minimum Gasteiger partial charge on any atom is -0.480 e. The zero-order valence-electron chi connectivity index (χ0n) is 14.1. The maximum atomic E-state index is 12.1. The normalized spacial score (nSPS) is 15.8. The van der Waals surface area contributed by atoms with Gasteiger partial charge in [0.1, 0.15) is 12.1 Å². The second-order valence-electron chi connectivity index (χ2n) is 5.82. The van der Waals surface area contributed by atoms with Crippen molar-refractivity contribution >= 4 is 17.8 Å². The van der Waals surface area contributed by atoms with Crippen LogP contribution in [-0.2, 0) is 20.8 Å². The van der Waals surface area contributed by atoms with E-state index in [9.17, 15) is 19.5 Å². The number of nitrogens with two attached hydrogens (primary N) is 1. The Morgan fingerprint density at radius 1 is 1.29 bits per heavy atom. The van der Waals surface area contributed by atoms with Crippen molar-refractivity contribution in [2.24, 2.45) is 11.7 Å². The zero-order chi connectivity index (χ0) is 18.3. The average molecular weight is 339 g/mol. The van der Waals surface area contributed by atoms with Crippen LogP contribution in [0.3, 0.4) is 0 Å². The van der Waals surface area contributed by atoms with Gasteiger partial charge in [0.2, 0.25) is 11.8 Å². The summed E-state index contributed by atoms with van der Waals surface area (Å²) in [6, 6.07) is -2.73. The van der Waals surface area contributed by atoms with Gasteiger partial charge in [0, 0.05) is 18.3 Å². The summed E-state index contributed by atoms with van der Waals surface area (Å²) in [4.78, 5) is 42.0. The van der Waals surface area contributed by atoms with Crippen LogP contribution in [0.25, 0.3) is 0 Å². The second kappa shape index (κ2) is 9.02. The number of carbonyl (C=O) groups excluding carboxylic acids is 2. The number of rotatable bonds is 9. The Labute approximate surface area is 140 Å². The van der Waals surface area contributed by atoms with Crippen molar-refractivity contribution in [3.05, 3.63) is 18.2 Å². The highest BCUT2D eigenvalue weighted by molar-refractivity contribution is 5.91. The summed E-state index contributed by atoms with van der Waals surface area (Å²) in [6.07, 6.45) is 3.71. The molecular weight excluding hydrogens is 314 g/mol. The van der Waals surface area contributed by atoms with E-state index in [-0.39, 0.29) is 12.3 Å². The first kappa shape index (κ1) is 19.6. The molecule has 9 heteroatoms. The molecule has 0 aromatic carbocycles. The first-order chi connectivity index (χ1) is 11.3. The first-order valence-corrected chi connectivity index (χ1v) is 7.82. The monoisotopic (exact) mass is 339 g/mol. The molecule has 2 amide bonds. The maximum Gasteiger partial charge on any atom is 0.326 e. The molecule has 0 fully saturated rings. The van der Waals surface area contributed by atoms with Gasteiger partial charge in [-0.05, 0) is 12.8 Å². The van der Waals surface area contributed by atoms with E-state index in [0.29, 0.717) is 5.69 Å². The third-order valence-corrected chi connectivity index (χ3v) is 3.91. The van der Waals surface area contributed by atoms with E-state index in [1.165, 1.54) is 19.4 Å². The topological polar surface area (TPSA) is 150 Å². The number of hydrogen-bond acceptors (Lipinski definition) is 5. The van der Waals surface area contributed by atoms with Gasteiger partial charge in [-0.15, -0.1) is 0 Å². The molecule has 0 radical (unpaired) electrons. The molecule has 6 N–H and O–H groups in total. The molecule has 0 aliphatic carbocycles. The number of aromatic nitrogens is 2. The van der Waals surface area contributed by atoms with Crippen molar-refractivity contribution in [3.8, 4) is 0 Å². The summed E-state index contributed by atoms with van der Waals surface area (Å²) in [5.41, 5.74) is 6.39. The van der Waals surface area contributed by atoms with E-state index in [4.69, 9.17) is 5.73 Å². The van der Waals surface area contributed by atoms with Crippen molar-refractivity contribution in [1.82, 2.24) is 20.6 Å². The maximum absolute atomic E-state index is 12.1. The fourth-order valence-corrected chi connectivity index (χ4v) is 2.00. The third-order valence-electron chi connectivity index (χ3n) is 3.91. The quantitative estimate of drug-likeness (QED) is 0.405. The Bertz CT molecular complexity index is 560. The highest BCUT2D eigenvalue weighted by atomic mass is 16.4. The molecule has 0 bridgehead atoms. The van der Waals surface area contributed by atoms with Crippen LogP contribution in [0.5, 0.6) is 0 Å². The smallest absolute Gasteiger partial charge is 0.326 e. The highest BCUT2D eigenvalue weighted by Crippen LogP contribution is 2.05. The molecule has 0 spiro atoms. The summed E-state index contributed by atoms with van der Waals surface area (Å²) in [7, 11) is 0. The predicted molar refractivity (Wildman–Crippen MR) is 86.9 cm³/mol. The number of aliphatic carboxylic acids is 1. The van der Waals surface area contributed by atoms with Gasteiger partial charge in [-0.25, -0.2) is 9.78 Å². The SMILES string of the molecule is CC[C@H](C)[C@H](N)C(=O)N[C@@H](C)C(=O)N[C@@H](Cc1cnc[nH]1)C(=O)O. The number of H-pyrrole nitrogens is 1. The van der Waals surface area contributed by atoms with E-state index in [1.807, 2.05) is 13.8 Å². The molecule has 4 atom stereocenters. The average Bonchev–Trinajstić information content (AvgIpc) is 3.05. The number of imidazole rings is 1. The van der Waals surface area contributed by atoms with Crippen molar-refractivity contribution < 1.29 is 19.5 Å². The number of aromatic amines is 1. The van der Waals surface area contributed by atoms with Gasteiger partial charge < -0.3 is 26.5 Å². The molecule has 0 saturated heterocycles. The lowest BCUT2D eigenvalue weighted by atomic mass is 9.99. The summed E-state index contributed by atoms with van der Waals surface area (Å²) >= 11 is 0. The van der Waals surface area contributed by atoms with Crippen LogP contribution in [0.2, 0.25) is 0 Å². The largest absolute Gasteiger partial charge is 0.480 e. The molecule has 1 heterocycles. The van der Waals surface area contributed by atoms with Gasteiger partial charge in [0.05, 0.1) is 12.4 Å². The van der Waals surface area contributed by atoms with E-state index in [0.717, 1.165) is 6.42 Å². The van der Waals surface area contributed by atoms with Gasteiger partial charge in [-0.1, -0.05) is 20.3 Å². The molecule has 0 unspecified atom stereocenters. The van der Waals surface area contributed by atoms with E-state index >= 15 is 0 Å². The number of amides is 2. The lowest BCUT2D eigenvalue weighted by Crippen LogP contribution is -2.54. The van der Waals surface area contributed by atoms with E-state index in [1.54, 1.807) is 0 Å². The number of hydrogen-bond donors (Lipinski definition) is 5. The van der Waals surface area contributed by atoms with Crippen molar-refractivity contribution in [1.29, 1.82) is 0 Å². The Kier molecular flexibility index (Phi) is 7.37. The number of carboxylic acids is 1. The fourth-order valence-electron chi connectivity index (χ4n) is 2.00. The minimum atomic E-state index is -1.17. The molecule has 134 valence electrons. The Morgan fingerprint density at radius 3 is 2.46 bits per heavy atom. The van der Waals surface area contributed by atoms with Crippen LogP contribution >= 0.6 is 0 Å². The molecule has 24 heavy (non-hydrogen) atoms. The van der Waals surface area contributed by atoms with Crippen molar-refractivity contribution in [2.75, 3.05) is 0 Å². The van der Waals surface area contributed by atoms with Gasteiger partial charge >= 0.3 is 5.97 Å². The summed E-state index contributed by atoms with van der Waals surface area (Å²) in [6.45, 7) is 5.24. The molecule has 1 aromatic heterocycles. The molecule has 1 aromatic rings. The highest BCUT2D eigenvalue weighted by Gasteiger charge is 2.27. The van der Waals surface area contributed by atoms with Crippen LogP contribution in [0.4, 0.5) is 0 Å². The van der Waals surface area contributed by atoms with E-state index in [2.05, 4.69) is 20.6 Å². The lowest BCUT2D eigenvalue weighted by Gasteiger charge is -2.22. The van der Waals surface area contributed by atoms with Crippen molar-refractivity contribution in [2.45, 2.75) is 51.7 Å². The number of nitrogens with one attached hydrogen (secondary N) is 3. The summed E-state index contributed by atoms with van der Waals surface area (Å²) in [5, 5.41) is 14.1. The third kappa shape index (κ3) is 5.65. The van der Waals surface area contributed by atoms with Gasteiger partial charge in [0.25, 0.3) is 0 Å². The van der Waals surface area contributed by atoms with Crippen LogP contribution in [0.1, 0.15) is 32.9 Å². The van der Waals surface area contributed by atoms with Gasteiger partial charge in [0.15, 0.2) is 0 Å². The molecule has 0 saturated carbocycles. The Morgan fingerprint density at radius 2 is 1.96 bits per heavy atom. The molecule has 0 aliphatic heterocycles. The second-order valence-corrected chi connectivity index (χ2v) is 5.82. The number of carbonyl (C=O) groups is 3. The van der Waals surface area contributed by atoms with Gasteiger partial charge in [-0.2, -0.15) is 0 Å². The summed E-state index contributed by atoms with van der Waals surface area (Å²) < 4.78 is 0. The van der Waals surface area contributed by atoms with Gasteiger partial charge in [-0.3, -0.25) is 9.59 Å². The fraction of sp³-hybridized carbons (Fsp3) is 0.600. The molecule has 1 rings (SSSR count). The number of nitrogens with zero attached hydrogens (tertiary/aromatic N) is 1. The zero-order valence-corrected chi connectivity index (χ0v) is 14.1. The van der Waals surface area contributed by atoms with Crippen LogP contribution in [0, 0.1) is 5.92 Å². The number of carboxylic acid groups (broad SMARTS) is 1. The van der Waals surface area contributed by atoms with Crippen LogP contribution in [-0.4, -0.2) is 51.0 Å². The summed E-state index contributed by atoms with van der Waals surface area (Å²) in [5.74, 6) is -2.22. The predicted octanol–water partition coefficient (Wildman–Crippen LogP) is -0.600. The first-order valence-electron chi connectivity index (χ1n) is 7.82. The van der Waals surface area contributed by atoms with Crippen molar-refractivity contribution in [3.63, 3.8) is 0 Å². The Balaban J connectivity index is 2.60. The Hall–Kier alpha value is -2.42. The molecule has 9 nitrogen and oxygen atoms in total. The standard InChI is InChI=1S/C15H25N5O4/c1-4-8(2)12(16)14(22)19-9(3)13(21)20-11(15(23)24)5-10-6-17-7-18-10/h6-9,11-12H,4-5,16H2,1-3H3,(H,17,18)(H,19,22)(H,20,21)(H,23,24)/t8-,9-,11-,12-/m0/s1. The minimum absolute atomic E-state index is 0.0209. The van der Waals surface area contributed by atoms with E-state index < -0.39 is 35.9 Å². The van der Waals surface area contributed by atoms with Crippen LogP contribution in [0.15, 0.2) is 12.5 Å². The molecular formula is C15H25N5O4. The lowest BCUT2D eigenvalue weighted by molar-refractivity contribution is -0.142.